The van der Waals surface area contributed by atoms with E-state index in [-0.39, 0.29) is 35.0 Å². The molecule has 0 spiro atoms. The number of hydrazine groups is 2. The summed E-state index contributed by atoms with van der Waals surface area (Å²) in [5.74, 6) is -2.60. The molecule has 1 unspecified atom stereocenters. The number of benzene rings is 2. The van der Waals surface area contributed by atoms with Gasteiger partial charge < -0.3 is 10.2 Å². The van der Waals surface area contributed by atoms with Crippen molar-refractivity contribution >= 4 is 23.6 Å². The summed E-state index contributed by atoms with van der Waals surface area (Å²) in [6.45, 7) is 6.37. The van der Waals surface area contributed by atoms with E-state index in [2.05, 4.69) is 42.5 Å². The van der Waals surface area contributed by atoms with Crippen molar-refractivity contribution in [2.45, 2.75) is 136 Å². The summed E-state index contributed by atoms with van der Waals surface area (Å²) in [6.07, 6.45) is 15.0. The van der Waals surface area contributed by atoms with Gasteiger partial charge in [-0.05, 0) is 68.2 Å². The van der Waals surface area contributed by atoms with Crippen molar-refractivity contribution < 1.29 is 29.4 Å². The highest BCUT2D eigenvalue weighted by Crippen LogP contribution is 2.24. The summed E-state index contributed by atoms with van der Waals surface area (Å²) in [6, 6.07) is 9.97. The van der Waals surface area contributed by atoms with E-state index >= 15 is 0 Å². The van der Waals surface area contributed by atoms with E-state index in [0.29, 0.717) is 32.1 Å². The van der Waals surface area contributed by atoms with Crippen LogP contribution in [0, 0.1) is 5.92 Å². The average Bonchev–Trinajstić information content (AvgIpc) is 3.07. The molecular weight excluding hydrogens is 608 g/mol. The second-order valence-electron chi connectivity index (χ2n) is 12.6. The lowest BCUT2D eigenvalue weighted by molar-refractivity contribution is -0.127. The van der Waals surface area contributed by atoms with Crippen molar-refractivity contribution in [3.05, 3.63) is 58.7 Å². The molecule has 6 N–H and O–H groups in total. The van der Waals surface area contributed by atoms with Crippen LogP contribution in [0.25, 0.3) is 0 Å². The molecule has 0 fully saturated rings. The van der Waals surface area contributed by atoms with E-state index in [9.17, 15) is 29.4 Å². The molecule has 266 valence electrons. The molecule has 4 amide bonds. The summed E-state index contributed by atoms with van der Waals surface area (Å²) in [7, 11) is 0. The maximum atomic E-state index is 13.2. The molecule has 0 saturated carbocycles. The van der Waals surface area contributed by atoms with Crippen LogP contribution in [0.3, 0.4) is 0 Å². The zero-order chi connectivity index (χ0) is 35.1. The Balaban J connectivity index is 1.92. The summed E-state index contributed by atoms with van der Waals surface area (Å²) in [5.41, 5.74) is 11.7. The first kappa shape index (κ1) is 40.1. The number of aryl methyl sites for hydroxylation is 2. The largest absolute Gasteiger partial charge is 0.507 e. The van der Waals surface area contributed by atoms with Crippen LogP contribution in [0.1, 0.15) is 155 Å². The third kappa shape index (κ3) is 14.4. The van der Waals surface area contributed by atoms with Crippen molar-refractivity contribution in [3.8, 4) is 11.5 Å². The van der Waals surface area contributed by atoms with Gasteiger partial charge in [-0.2, -0.15) is 0 Å². The molecule has 0 aliphatic heterocycles. The van der Waals surface area contributed by atoms with Gasteiger partial charge in [0.2, 0.25) is 11.8 Å². The molecule has 0 aliphatic carbocycles. The van der Waals surface area contributed by atoms with E-state index < -0.39 is 23.6 Å². The monoisotopic (exact) mass is 666 g/mol. The third-order valence-corrected chi connectivity index (χ3v) is 8.66. The Morgan fingerprint density at radius 2 is 1.02 bits per heavy atom. The van der Waals surface area contributed by atoms with Crippen LogP contribution >= 0.6 is 0 Å². The zero-order valence-electron chi connectivity index (χ0n) is 29.3. The van der Waals surface area contributed by atoms with Gasteiger partial charge in [0, 0.05) is 12.3 Å². The predicted molar refractivity (Wildman–Crippen MR) is 189 cm³/mol. The van der Waals surface area contributed by atoms with Gasteiger partial charge >= 0.3 is 0 Å². The number of hydrogen-bond donors (Lipinski definition) is 6. The van der Waals surface area contributed by atoms with E-state index in [0.717, 1.165) is 88.2 Å². The second-order valence-corrected chi connectivity index (χ2v) is 12.6. The molecule has 2 aromatic rings. The number of nitrogens with one attached hydrogen (secondary N) is 4. The number of carbonyl (C=O) groups is 4. The van der Waals surface area contributed by atoms with Gasteiger partial charge in [-0.25, -0.2) is 0 Å². The van der Waals surface area contributed by atoms with Crippen LogP contribution in [0.15, 0.2) is 36.4 Å². The van der Waals surface area contributed by atoms with Crippen LogP contribution < -0.4 is 21.7 Å². The normalized spacial score (nSPS) is 11.5. The Kier molecular flexibility index (Phi) is 19.4. The molecule has 0 saturated heterocycles. The van der Waals surface area contributed by atoms with Crippen LogP contribution in [-0.4, -0.2) is 33.8 Å². The quantitative estimate of drug-likeness (QED) is 0.0571. The number of phenolic OH excluding ortho intramolecular Hbond substituents is 2. The minimum atomic E-state index is -0.579. The predicted octanol–water partition coefficient (Wildman–Crippen LogP) is 7.32. The van der Waals surface area contributed by atoms with Crippen molar-refractivity contribution in [1.82, 2.24) is 21.7 Å². The van der Waals surface area contributed by atoms with Crippen molar-refractivity contribution in [1.29, 1.82) is 0 Å². The van der Waals surface area contributed by atoms with Crippen molar-refractivity contribution in [3.63, 3.8) is 0 Å². The molecule has 0 bridgehead atoms. The fraction of sp³-hybridized carbons (Fsp3) is 0.579. The fourth-order valence-electron chi connectivity index (χ4n) is 5.87. The number of unbranched alkanes of at least 4 members (excludes halogenated alkanes) is 9. The molecule has 10 nitrogen and oxygen atoms in total. The number of phenols is 2. The minimum Gasteiger partial charge on any atom is -0.507 e. The first-order chi connectivity index (χ1) is 23.2. The number of rotatable bonds is 22. The smallest absolute Gasteiger partial charge is 0.273 e. The van der Waals surface area contributed by atoms with Gasteiger partial charge in [0.1, 0.15) is 11.5 Å². The van der Waals surface area contributed by atoms with Crippen LogP contribution in [0.5, 0.6) is 11.5 Å². The minimum absolute atomic E-state index is 0.0787. The van der Waals surface area contributed by atoms with E-state index in [1.165, 1.54) is 12.1 Å². The maximum Gasteiger partial charge on any atom is 0.273 e. The Hall–Kier alpha value is -4.08. The van der Waals surface area contributed by atoms with E-state index in [1.807, 2.05) is 12.1 Å². The van der Waals surface area contributed by atoms with Crippen molar-refractivity contribution in [2.75, 3.05) is 0 Å². The third-order valence-electron chi connectivity index (χ3n) is 8.66. The Morgan fingerprint density at radius 3 is 1.52 bits per heavy atom. The molecular formula is C38H58N4O6. The zero-order valence-corrected chi connectivity index (χ0v) is 29.3. The fourth-order valence-corrected chi connectivity index (χ4v) is 5.87. The number of amides is 4. The van der Waals surface area contributed by atoms with Gasteiger partial charge in [0.25, 0.3) is 11.8 Å². The van der Waals surface area contributed by atoms with Gasteiger partial charge in [0.15, 0.2) is 0 Å². The second kappa shape index (κ2) is 23.3. The molecule has 48 heavy (non-hydrogen) atoms. The first-order valence-electron chi connectivity index (χ1n) is 18.0. The molecule has 0 heterocycles. The molecule has 0 radical (unpaired) electrons. The first-order valence-corrected chi connectivity index (χ1v) is 18.0. The summed E-state index contributed by atoms with van der Waals surface area (Å²) >= 11 is 0. The van der Waals surface area contributed by atoms with Crippen LogP contribution in [0.2, 0.25) is 0 Å². The molecule has 10 heteroatoms. The highest BCUT2D eigenvalue weighted by molar-refractivity contribution is 6.00. The molecule has 0 aliphatic rings. The highest BCUT2D eigenvalue weighted by Gasteiger charge is 2.22. The Morgan fingerprint density at radius 1 is 0.562 bits per heavy atom. The summed E-state index contributed by atoms with van der Waals surface area (Å²) < 4.78 is 0. The van der Waals surface area contributed by atoms with Gasteiger partial charge in [-0.15, -0.1) is 0 Å². The van der Waals surface area contributed by atoms with Crippen molar-refractivity contribution in [2.24, 2.45) is 5.92 Å². The molecule has 2 rings (SSSR count). The molecule has 2 aromatic carbocycles. The maximum absolute atomic E-state index is 13.2. The lowest BCUT2D eigenvalue weighted by atomic mass is 9.94. The van der Waals surface area contributed by atoms with Crippen LogP contribution in [-0.2, 0) is 22.4 Å². The average molecular weight is 667 g/mol. The van der Waals surface area contributed by atoms with E-state index in [4.69, 9.17) is 0 Å². The number of aromatic hydroxyl groups is 2. The SMILES string of the molecule is CCCCCCc1cccc(O)c1C(=O)NNC(=O)CCCC(CCCCCC)C(=O)NNC(=O)c1c(O)cccc1CCCCCC. The Bertz CT molecular complexity index is 1300. The molecule has 1 atom stereocenters. The standard InChI is InChI=1S/C38H58N4O6/c1-4-7-10-13-19-28-22-16-25-31(43)34(28)37(47)41-39-33(45)27-18-24-30(21-15-12-9-6-3)36(46)40-42-38(48)35-29(20-14-11-8-5-2)23-17-26-32(35)44/h16-17,22-23,25-26,30,43-44H,4-15,18-21,24,27H2,1-3H3,(H,39,45)(H,40,46)(H,41,47)(H,42,48). The van der Waals surface area contributed by atoms with Crippen LogP contribution in [0.4, 0.5) is 0 Å². The van der Waals surface area contributed by atoms with E-state index in [1.54, 1.807) is 12.1 Å². The lowest BCUT2D eigenvalue weighted by Crippen LogP contribution is -2.45. The topological polar surface area (TPSA) is 157 Å². The van der Waals surface area contributed by atoms with Gasteiger partial charge in [-0.3, -0.25) is 40.9 Å². The Labute approximate surface area is 286 Å². The van der Waals surface area contributed by atoms with Gasteiger partial charge in [0.05, 0.1) is 11.1 Å². The summed E-state index contributed by atoms with van der Waals surface area (Å²) in [5, 5.41) is 20.8. The lowest BCUT2D eigenvalue weighted by Gasteiger charge is -2.18. The highest BCUT2D eigenvalue weighted by atomic mass is 16.3. The van der Waals surface area contributed by atoms with Gasteiger partial charge in [-0.1, -0.05) is 109 Å². The molecule has 0 aromatic heterocycles. The number of carbonyl (C=O) groups excluding carboxylic acids is 4. The summed E-state index contributed by atoms with van der Waals surface area (Å²) in [4.78, 5) is 51.8. The number of hydrogen-bond acceptors (Lipinski definition) is 6.